The molecule has 0 spiro atoms. The van der Waals surface area contributed by atoms with Crippen LogP contribution in [0.15, 0.2) is 23.1 Å². The van der Waals surface area contributed by atoms with Gasteiger partial charge in [0.05, 0.1) is 10.6 Å². The lowest BCUT2D eigenvalue weighted by molar-refractivity contribution is -0.137. The van der Waals surface area contributed by atoms with Crippen molar-refractivity contribution in [3.8, 4) is 0 Å². The van der Waals surface area contributed by atoms with E-state index in [1.54, 1.807) is 0 Å². The Morgan fingerprint density at radius 1 is 1.25 bits per heavy atom. The van der Waals surface area contributed by atoms with E-state index in [2.05, 4.69) is 5.32 Å². The van der Waals surface area contributed by atoms with Gasteiger partial charge in [-0.3, -0.25) is 0 Å². The Morgan fingerprint density at radius 3 is 2.62 bits per heavy atom. The largest absolute Gasteiger partial charge is 0.416 e. The van der Waals surface area contributed by atoms with Crippen molar-refractivity contribution < 1.29 is 21.6 Å². The quantitative estimate of drug-likeness (QED) is 0.823. The fourth-order valence-electron chi connectivity index (χ4n) is 3.25. The lowest BCUT2D eigenvalue weighted by Gasteiger charge is -2.34. The minimum Gasteiger partial charge on any atom is -0.314 e. The van der Waals surface area contributed by atoms with E-state index in [1.807, 2.05) is 0 Å². The van der Waals surface area contributed by atoms with Gasteiger partial charge < -0.3 is 5.32 Å². The summed E-state index contributed by atoms with van der Waals surface area (Å²) in [7, 11) is -4.04. The van der Waals surface area contributed by atoms with Crippen molar-refractivity contribution in [2.75, 3.05) is 19.6 Å². The monoisotopic (exact) mass is 404 g/mol. The van der Waals surface area contributed by atoms with Crippen LogP contribution < -0.4 is 5.32 Å². The molecule has 2 aliphatic heterocycles. The van der Waals surface area contributed by atoms with Crippen LogP contribution in [-0.4, -0.2) is 38.4 Å². The van der Waals surface area contributed by atoms with E-state index in [0.717, 1.165) is 25.1 Å². The number of nitrogens with one attached hydrogen (secondary N) is 1. The molecule has 0 saturated carbocycles. The van der Waals surface area contributed by atoms with Gasteiger partial charge in [-0.25, -0.2) is 8.42 Å². The molecule has 2 atom stereocenters. The van der Waals surface area contributed by atoms with Gasteiger partial charge in [-0.1, -0.05) is 11.6 Å². The number of fused-ring (bicyclic) bond motifs is 1. The van der Waals surface area contributed by atoms with E-state index in [0.29, 0.717) is 25.1 Å². The lowest BCUT2D eigenvalue weighted by Crippen LogP contribution is -2.46. The second-order valence-corrected chi connectivity index (χ2v) is 8.22. The summed E-state index contributed by atoms with van der Waals surface area (Å²) >= 11 is 5.88. The first kappa shape index (κ1) is 19.8. The second-order valence-electron chi connectivity index (χ2n) is 5.90. The first-order valence-corrected chi connectivity index (χ1v) is 9.11. The lowest BCUT2D eigenvalue weighted by atomic mass is 9.95. The third kappa shape index (κ3) is 3.67. The molecular weight excluding hydrogens is 388 g/mol. The van der Waals surface area contributed by atoms with Crippen LogP contribution in [0.5, 0.6) is 0 Å². The average molecular weight is 405 g/mol. The van der Waals surface area contributed by atoms with Gasteiger partial charge in [0.2, 0.25) is 10.0 Å². The zero-order valence-electron chi connectivity index (χ0n) is 12.5. The molecule has 0 amide bonds. The van der Waals surface area contributed by atoms with Crippen LogP contribution in [0.2, 0.25) is 5.02 Å². The SMILES string of the molecule is Cl.O=S(=O)(c1cc(C(F)(F)F)ccc1Cl)N1CCC2NCCC2C1. The van der Waals surface area contributed by atoms with E-state index >= 15 is 0 Å². The molecule has 0 radical (unpaired) electrons. The van der Waals surface area contributed by atoms with Crippen molar-refractivity contribution >= 4 is 34.0 Å². The Hall–Kier alpha value is -0.540. The zero-order valence-corrected chi connectivity index (χ0v) is 14.9. The molecule has 0 bridgehead atoms. The Bertz CT molecular complexity index is 712. The summed E-state index contributed by atoms with van der Waals surface area (Å²) in [5.41, 5.74) is -1.02. The molecule has 1 aromatic rings. The summed E-state index contributed by atoms with van der Waals surface area (Å²) in [5.74, 6) is 0.197. The fourth-order valence-corrected chi connectivity index (χ4v) is 5.26. The predicted octanol–water partition coefficient (Wildman–Crippen LogP) is 3.15. The van der Waals surface area contributed by atoms with Gasteiger partial charge in [0.15, 0.2) is 0 Å². The summed E-state index contributed by atoms with van der Waals surface area (Å²) in [6, 6.07) is 2.69. The molecular formula is C14H17Cl2F3N2O2S. The van der Waals surface area contributed by atoms with Crippen LogP contribution in [0.25, 0.3) is 0 Å². The maximum Gasteiger partial charge on any atom is 0.416 e. The highest BCUT2D eigenvalue weighted by Crippen LogP contribution is 2.36. The van der Waals surface area contributed by atoms with Crippen molar-refractivity contribution in [2.24, 2.45) is 5.92 Å². The summed E-state index contributed by atoms with van der Waals surface area (Å²) in [4.78, 5) is -0.474. The number of nitrogens with zero attached hydrogens (tertiary/aromatic N) is 1. The third-order valence-electron chi connectivity index (χ3n) is 4.49. The highest BCUT2D eigenvalue weighted by Gasteiger charge is 2.39. The maximum atomic E-state index is 12.8. The minimum absolute atomic E-state index is 0. The standard InChI is InChI=1S/C14H16ClF3N2O2S.ClH/c15-11-2-1-10(14(16,17)18)7-13(11)23(21,22)20-6-4-12-9(8-20)3-5-19-12;/h1-2,7,9,12,19H,3-6,8H2;1H. The molecule has 4 nitrogen and oxygen atoms in total. The van der Waals surface area contributed by atoms with Crippen molar-refractivity contribution in [3.63, 3.8) is 0 Å². The van der Waals surface area contributed by atoms with E-state index < -0.39 is 26.7 Å². The first-order valence-electron chi connectivity index (χ1n) is 7.30. The zero-order chi connectivity index (χ0) is 16.8. The molecule has 3 rings (SSSR count). The van der Waals surface area contributed by atoms with Gasteiger partial charge in [-0.05, 0) is 43.5 Å². The van der Waals surface area contributed by atoms with Crippen molar-refractivity contribution in [2.45, 2.75) is 30.0 Å². The number of piperidine rings is 1. The third-order valence-corrected chi connectivity index (χ3v) is 6.84. The number of hydrogen-bond donors (Lipinski definition) is 1. The summed E-state index contributed by atoms with van der Waals surface area (Å²) < 4.78 is 65.3. The van der Waals surface area contributed by atoms with Crippen molar-refractivity contribution in [1.29, 1.82) is 0 Å². The van der Waals surface area contributed by atoms with E-state index in [9.17, 15) is 21.6 Å². The molecule has 1 N–H and O–H groups in total. The highest BCUT2D eigenvalue weighted by molar-refractivity contribution is 7.89. The van der Waals surface area contributed by atoms with Gasteiger partial charge in [-0.2, -0.15) is 17.5 Å². The van der Waals surface area contributed by atoms with Crippen molar-refractivity contribution in [3.05, 3.63) is 28.8 Å². The summed E-state index contributed by atoms with van der Waals surface area (Å²) in [6.07, 6.45) is -3.09. The van der Waals surface area contributed by atoms with Crippen LogP contribution in [0.3, 0.4) is 0 Å². The molecule has 1 aromatic carbocycles. The van der Waals surface area contributed by atoms with Gasteiger partial charge >= 0.3 is 6.18 Å². The van der Waals surface area contributed by atoms with Crippen LogP contribution in [0.1, 0.15) is 18.4 Å². The number of rotatable bonds is 2. The van der Waals surface area contributed by atoms with Crippen molar-refractivity contribution in [1.82, 2.24) is 9.62 Å². The summed E-state index contributed by atoms with van der Waals surface area (Å²) in [6.45, 7) is 1.43. The first-order chi connectivity index (χ1) is 10.7. The molecule has 2 unspecified atom stereocenters. The molecule has 2 fully saturated rings. The smallest absolute Gasteiger partial charge is 0.314 e. The second kappa shape index (κ2) is 6.99. The number of halogens is 5. The molecule has 2 heterocycles. The normalized spacial score (nSPS) is 25.2. The molecule has 2 saturated heterocycles. The van der Waals surface area contributed by atoms with Crippen LogP contribution >= 0.6 is 24.0 Å². The van der Waals surface area contributed by atoms with Crippen LogP contribution in [-0.2, 0) is 16.2 Å². The van der Waals surface area contributed by atoms with E-state index in [1.165, 1.54) is 4.31 Å². The highest BCUT2D eigenvalue weighted by atomic mass is 35.5. The Balaban J connectivity index is 0.00000208. The van der Waals surface area contributed by atoms with Gasteiger partial charge in [0.1, 0.15) is 4.90 Å². The number of hydrogen-bond acceptors (Lipinski definition) is 3. The number of alkyl halides is 3. The van der Waals surface area contributed by atoms with Crippen LogP contribution in [0.4, 0.5) is 13.2 Å². The molecule has 24 heavy (non-hydrogen) atoms. The van der Waals surface area contributed by atoms with Gasteiger partial charge in [0.25, 0.3) is 0 Å². The molecule has 10 heteroatoms. The maximum absolute atomic E-state index is 12.8. The molecule has 2 aliphatic rings. The van der Waals surface area contributed by atoms with E-state index in [-0.39, 0.29) is 29.9 Å². The number of sulfonamides is 1. The Labute approximate surface area is 149 Å². The minimum atomic E-state index is -4.61. The Kier molecular flexibility index (Phi) is 5.76. The summed E-state index contributed by atoms with van der Waals surface area (Å²) in [5, 5.41) is 3.12. The fraction of sp³-hybridized carbons (Fsp3) is 0.571. The Morgan fingerprint density at radius 2 is 1.96 bits per heavy atom. The van der Waals surface area contributed by atoms with Crippen LogP contribution in [0, 0.1) is 5.92 Å². The average Bonchev–Trinajstić information content (AvgIpc) is 2.93. The van der Waals surface area contributed by atoms with Gasteiger partial charge in [-0.15, -0.1) is 12.4 Å². The molecule has 136 valence electrons. The topological polar surface area (TPSA) is 49.4 Å². The molecule has 0 aliphatic carbocycles. The predicted molar refractivity (Wildman–Crippen MR) is 87.0 cm³/mol. The number of benzene rings is 1. The molecule has 0 aromatic heterocycles. The van der Waals surface area contributed by atoms with Gasteiger partial charge in [0, 0.05) is 19.1 Å². The van der Waals surface area contributed by atoms with E-state index in [4.69, 9.17) is 11.6 Å².